The molecule has 7 heteroatoms. The minimum Gasteiger partial charge on any atom is -0.444 e. The van der Waals surface area contributed by atoms with Gasteiger partial charge in [-0.05, 0) is 52.4 Å². The smallest absolute Gasteiger partial charge is 0.410 e. The molecule has 1 saturated heterocycles. The molecule has 1 fully saturated rings. The highest BCUT2D eigenvalue weighted by atomic mass is 16.6. The minimum absolute atomic E-state index is 0.0651. The lowest BCUT2D eigenvalue weighted by Gasteiger charge is -2.34. The van der Waals surface area contributed by atoms with Crippen molar-refractivity contribution in [3.63, 3.8) is 0 Å². The number of amides is 1. The van der Waals surface area contributed by atoms with Crippen molar-refractivity contribution in [1.29, 1.82) is 0 Å². The van der Waals surface area contributed by atoms with Gasteiger partial charge < -0.3 is 9.64 Å². The third kappa shape index (κ3) is 3.82. The van der Waals surface area contributed by atoms with Crippen LogP contribution >= 0.6 is 0 Å². The SMILES string of the molecule is Cc1nc(-c2cnn(C)c2)c2c(n1)[C@H]1CN(C(=O)OC(C)(C)C)[C@H](C2)[C@@H](C)C[C@H]1C. The first-order valence-corrected chi connectivity index (χ1v) is 10.9. The highest BCUT2D eigenvalue weighted by molar-refractivity contribution is 5.70. The molecule has 0 saturated carbocycles. The lowest BCUT2D eigenvalue weighted by Crippen LogP contribution is -2.46. The van der Waals surface area contributed by atoms with E-state index < -0.39 is 5.60 Å². The molecule has 2 aromatic heterocycles. The van der Waals surface area contributed by atoms with E-state index in [9.17, 15) is 4.79 Å². The largest absolute Gasteiger partial charge is 0.444 e. The summed E-state index contributed by atoms with van der Waals surface area (Å²) in [5.74, 6) is 1.72. The van der Waals surface area contributed by atoms with Crippen LogP contribution in [0.1, 0.15) is 64.0 Å². The van der Waals surface area contributed by atoms with Crippen molar-refractivity contribution in [2.45, 2.75) is 71.9 Å². The molecule has 0 spiro atoms. The fourth-order valence-corrected chi connectivity index (χ4v) is 5.06. The first-order chi connectivity index (χ1) is 14.0. The number of hydrogen-bond acceptors (Lipinski definition) is 5. The maximum absolute atomic E-state index is 13.2. The summed E-state index contributed by atoms with van der Waals surface area (Å²) >= 11 is 0. The molecule has 0 aliphatic carbocycles. The fourth-order valence-electron chi connectivity index (χ4n) is 5.06. The Bertz CT molecular complexity index is 961. The summed E-state index contributed by atoms with van der Waals surface area (Å²) in [6.45, 7) is 12.9. The third-order valence-electron chi connectivity index (χ3n) is 6.40. The molecular formula is C23H33N5O2. The van der Waals surface area contributed by atoms with E-state index >= 15 is 0 Å². The average molecular weight is 412 g/mol. The molecule has 0 radical (unpaired) electrons. The Labute approximate surface area is 178 Å². The van der Waals surface area contributed by atoms with Crippen LogP contribution in [0, 0.1) is 18.8 Å². The first-order valence-electron chi connectivity index (χ1n) is 10.9. The summed E-state index contributed by atoms with van der Waals surface area (Å²) in [6, 6.07) is 0.0651. The molecule has 2 aliphatic rings. The fraction of sp³-hybridized carbons (Fsp3) is 0.652. The standard InChI is InChI=1S/C23H33N5O2/c1-13-8-14(2)19-9-17-20(16-10-24-27(7)11-16)25-15(3)26-21(17)18(13)12-28(19)22(29)30-23(4,5)6/h10-11,13-14,18-19H,8-9,12H2,1-7H3/t13-,14+,18+,19-/m1/s1. The lowest BCUT2D eigenvalue weighted by molar-refractivity contribution is 0.0124. The Morgan fingerprint density at radius 2 is 1.93 bits per heavy atom. The van der Waals surface area contributed by atoms with Crippen molar-refractivity contribution in [2.24, 2.45) is 18.9 Å². The van der Waals surface area contributed by atoms with Gasteiger partial charge in [-0.1, -0.05) is 13.8 Å². The first kappa shape index (κ1) is 20.8. The van der Waals surface area contributed by atoms with Gasteiger partial charge in [0.2, 0.25) is 0 Å². The summed E-state index contributed by atoms with van der Waals surface area (Å²) in [6.07, 6.45) is 5.45. The van der Waals surface area contributed by atoms with E-state index in [-0.39, 0.29) is 18.1 Å². The van der Waals surface area contributed by atoms with Crippen LogP contribution < -0.4 is 0 Å². The van der Waals surface area contributed by atoms with Gasteiger partial charge in [-0.2, -0.15) is 5.10 Å². The summed E-state index contributed by atoms with van der Waals surface area (Å²) in [5, 5.41) is 4.35. The van der Waals surface area contributed by atoms with E-state index in [1.165, 1.54) is 0 Å². The number of ether oxygens (including phenoxy) is 1. The van der Waals surface area contributed by atoms with Gasteiger partial charge in [0.05, 0.1) is 17.6 Å². The zero-order chi connectivity index (χ0) is 21.8. The van der Waals surface area contributed by atoms with Gasteiger partial charge in [-0.15, -0.1) is 0 Å². The van der Waals surface area contributed by atoms with Crippen molar-refractivity contribution >= 4 is 6.09 Å². The molecule has 2 aliphatic heterocycles. The number of fused-ring (bicyclic) bond motifs is 5. The molecule has 30 heavy (non-hydrogen) atoms. The average Bonchev–Trinajstić information content (AvgIpc) is 2.91. The van der Waals surface area contributed by atoms with E-state index in [4.69, 9.17) is 14.7 Å². The molecule has 4 heterocycles. The van der Waals surface area contributed by atoms with Crippen LogP contribution in [0.2, 0.25) is 0 Å². The van der Waals surface area contributed by atoms with Crippen molar-refractivity contribution in [3.8, 4) is 11.3 Å². The zero-order valence-corrected chi connectivity index (χ0v) is 19.1. The second-order valence-corrected chi connectivity index (χ2v) is 10.1. The van der Waals surface area contributed by atoms with Crippen LogP contribution in [0.4, 0.5) is 4.79 Å². The predicted molar refractivity (Wildman–Crippen MR) is 115 cm³/mol. The molecule has 0 aromatic carbocycles. The van der Waals surface area contributed by atoms with Crippen LogP contribution in [0.3, 0.4) is 0 Å². The van der Waals surface area contributed by atoms with Crippen molar-refractivity contribution in [2.75, 3.05) is 6.54 Å². The number of aryl methyl sites for hydroxylation is 2. The molecule has 1 amide bonds. The Hall–Kier alpha value is -2.44. The number of aromatic nitrogens is 4. The van der Waals surface area contributed by atoms with E-state index in [1.807, 2.05) is 52.0 Å². The molecule has 4 atom stereocenters. The second kappa shape index (κ2) is 7.36. The van der Waals surface area contributed by atoms with Crippen LogP contribution in [-0.2, 0) is 18.2 Å². The second-order valence-electron chi connectivity index (χ2n) is 10.1. The van der Waals surface area contributed by atoms with E-state index in [0.717, 1.165) is 41.2 Å². The highest BCUT2D eigenvalue weighted by Gasteiger charge is 2.44. The number of hydrogen-bond donors (Lipinski definition) is 0. The zero-order valence-electron chi connectivity index (χ0n) is 19.1. The van der Waals surface area contributed by atoms with Crippen molar-refractivity contribution in [1.82, 2.24) is 24.6 Å². The Balaban J connectivity index is 1.84. The monoisotopic (exact) mass is 411 g/mol. The Morgan fingerprint density at radius 3 is 2.57 bits per heavy atom. The van der Waals surface area contributed by atoms with Gasteiger partial charge in [0.25, 0.3) is 0 Å². The highest BCUT2D eigenvalue weighted by Crippen LogP contribution is 2.44. The number of carbonyl (C=O) groups excluding carboxylic acids is 1. The van der Waals surface area contributed by atoms with Gasteiger partial charge in [0.15, 0.2) is 0 Å². The minimum atomic E-state index is -0.517. The number of carbonyl (C=O) groups is 1. The molecule has 162 valence electrons. The summed E-state index contributed by atoms with van der Waals surface area (Å²) in [7, 11) is 1.92. The Morgan fingerprint density at radius 1 is 1.20 bits per heavy atom. The van der Waals surface area contributed by atoms with Gasteiger partial charge in [0, 0.05) is 42.9 Å². The van der Waals surface area contributed by atoms with Crippen LogP contribution in [0.15, 0.2) is 12.4 Å². The van der Waals surface area contributed by atoms with E-state index in [2.05, 4.69) is 18.9 Å². The summed E-state index contributed by atoms with van der Waals surface area (Å²) < 4.78 is 7.60. The molecule has 4 rings (SSSR count). The molecular weight excluding hydrogens is 378 g/mol. The topological polar surface area (TPSA) is 73.1 Å². The third-order valence-corrected chi connectivity index (χ3v) is 6.40. The molecule has 2 bridgehead atoms. The maximum Gasteiger partial charge on any atom is 0.410 e. The van der Waals surface area contributed by atoms with Gasteiger partial charge in [0.1, 0.15) is 11.4 Å². The quantitative estimate of drug-likeness (QED) is 0.706. The maximum atomic E-state index is 13.2. The van der Waals surface area contributed by atoms with Crippen molar-refractivity contribution < 1.29 is 9.53 Å². The summed E-state index contributed by atoms with van der Waals surface area (Å²) in [4.78, 5) is 24.9. The van der Waals surface area contributed by atoms with Crippen LogP contribution in [0.5, 0.6) is 0 Å². The van der Waals surface area contributed by atoms with Gasteiger partial charge in [-0.3, -0.25) is 4.68 Å². The Kier molecular flexibility index (Phi) is 5.11. The predicted octanol–water partition coefficient (Wildman–Crippen LogP) is 4.11. The van der Waals surface area contributed by atoms with Gasteiger partial charge in [-0.25, -0.2) is 14.8 Å². The molecule has 0 unspecified atom stereocenters. The van der Waals surface area contributed by atoms with E-state index in [0.29, 0.717) is 18.4 Å². The van der Waals surface area contributed by atoms with Gasteiger partial charge >= 0.3 is 6.09 Å². The number of rotatable bonds is 1. The normalized spacial score (nSPS) is 26.2. The van der Waals surface area contributed by atoms with Crippen LogP contribution in [0.25, 0.3) is 11.3 Å². The summed E-state index contributed by atoms with van der Waals surface area (Å²) in [5.41, 5.74) is 3.69. The number of nitrogens with zero attached hydrogens (tertiary/aromatic N) is 5. The van der Waals surface area contributed by atoms with Crippen molar-refractivity contribution in [3.05, 3.63) is 29.5 Å². The van der Waals surface area contributed by atoms with E-state index in [1.54, 1.807) is 4.68 Å². The molecule has 7 nitrogen and oxygen atoms in total. The molecule has 0 N–H and O–H groups in total. The van der Waals surface area contributed by atoms with Crippen LogP contribution in [-0.4, -0.2) is 48.9 Å². The molecule has 2 aromatic rings. The lowest BCUT2D eigenvalue weighted by atomic mass is 9.78.